The van der Waals surface area contributed by atoms with E-state index in [0.29, 0.717) is 34.0 Å². The zero-order valence-corrected chi connectivity index (χ0v) is 13.6. The fourth-order valence-corrected chi connectivity index (χ4v) is 2.89. The molecule has 0 spiro atoms. The number of nitrogens with two attached hydrogens (primary N) is 1. The third-order valence-electron chi connectivity index (χ3n) is 3.26. The molecule has 0 amide bonds. The van der Waals surface area contributed by atoms with Crippen molar-refractivity contribution >= 4 is 44.9 Å². The Hall–Kier alpha value is -0.840. The van der Waals surface area contributed by atoms with Gasteiger partial charge in [0.25, 0.3) is 0 Å². The van der Waals surface area contributed by atoms with Gasteiger partial charge in [-0.15, -0.1) is 0 Å². The van der Waals surface area contributed by atoms with Crippen molar-refractivity contribution in [3.63, 3.8) is 0 Å². The Balaban J connectivity index is 1.92. The van der Waals surface area contributed by atoms with E-state index in [-0.39, 0.29) is 0 Å². The second-order valence-electron chi connectivity index (χ2n) is 4.92. The van der Waals surface area contributed by atoms with Gasteiger partial charge in [0.1, 0.15) is 11.6 Å². The average molecular weight is 373 g/mol. The highest BCUT2D eigenvalue weighted by Crippen LogP contribution is 2.43. The van der Waals surface area contributed by atoms with E-state index in [9.17, 15) is 0 Å². The van der Waals surface area contributed by atoms with Gasteiger partial charge in [-0.05, 0) is 46.5 Å². The molecule has 1 aromatic heterocycles. The van der Waals surface area contributed by atoms with E-state index in [1.807, 2.05) is 12.1 Å². The maximum absolute atomic E-state index is 6.02. The van der Waals surface area contributed by atoms with Crippen LogP contribution < -0.4 is 5.73 Å². The molecule has 2 N–H and O–H groups in total. The summed E-state index contributed by atoms with van der Waals surface area (Å²) in [6.07, 6.45) is 2.93. The molecule has 20 heavy (non-hydrogen) atoms. The average Bonchev–Trinajstić information content (AvgIpc) is 3.22. The summed E-state index contributed by atoms with van der Waals surface area (Å²) >= 11 is 15.4. The molecule has 1 heterocycles. The number of rotatable bonds is 3. The van der Waals surface area contributed by atoms with Crippen molar-refractivity contribution in [1.82, 2.24) is 9.97 Å². The van der Waals surface area contributed by atoms with Crippen molar-refractivity contribution in [2.24, 2.45) is 0 Å². The quantitative estimate of drug-likeness (QED) is 0.856. The molecule has 3 rings (SSSR count). The fraction of sp³-hybridized carbons (Fsp3) is 0.286. The largest absolute Gasteiger partial charge is 0.383 e. The second-order valence-corrected chi connectivity index (χ2v) is 6.53. The van der Waals surface area contributed by atoms with Crippen molar-refractivity contribution in [3.8, 4) is 0 Å². The maximum Gasteiger partial charge on any atom is 0.141 e. The molecule has 1 aromatic carbocycles. The summed E-state index contributed by atoms with van der Waals surface area (Å²) in [5, 5.41) is 1.09. The fourth-order valence-electron chi connectivity index (χ4n) is 2.07. The Kier molecular flexibility index (Phi) is 3.89. The topological polar surface area (TPSA) is 51.8 Å². The summed E-state index contributed by atoms with van der Waals surface area (Å²) in [6, 6.07) is 5.54. The number of nitrogens with zero attached hydrogens (tertiary/aromatic N) is 2. The van der Waals surface area contributed by atoms with E-state index in [4.69, 9.17) is 28.9 Å². The highest BCUT2D eigenvalue weighted by Gasteiger charge is 2.29. The van der Waals surface area contributed by atoms with Gasteiger partial charge in [-0.1, -0.05) is 29.3 Å². The molecule has 1 aliphatic carbocycles. The number of halogens is 3. The van der Waals surface area contributed by atoms with E-state index in [1.54, 1.807) is 6.07 Å². The smallest absolute Gasteiger partial charge is 0.141 e. The van der Waals surface area contributed by atoms with Crippen LogP contribution in [0.15, 0.2) is 22.7 Å². The van der Waals surface area contributed by atoms with Crippen LogP contribution in [0.5, 0.6) is 0 Å². The minimum absolute atomic E-state index is 0.497. The molecule has 1 fully saturated rings. The van der Waals surface area contributed by atoms with E-state index < -0.39 is 0 Å². The highest BCUT2D eigenvalue weighted by atomic mass is 79.9. The van der Waals surface area contributed by atoms with Gasteiger partial charge in [0.2, 0.25) is 0 Å². The van der Waals surface area contributed by atoms with Crippen LogP contribution in [0.1, 0.15) is 35.8 Å². The zero-order valence-electron chi connectivity index (χ0n) is 10.5. The van der Waals surface area contributed by atoms with Crippen molar-refractivity contribution < 1.29 is 0 Å². The SMILES string of the molecule is Nc1nc(Cc2ccc(Cl)c(Cl)c2)nc(C2CC2)c1Br. The summed E-state index contributed by atoms with van der Waals surface area (Å²) < 4.78 is 0.831. The lowest BCUT2D eigenvalue weighted by Crippen LogP contribution is -2.05. The molecule has 0 atom stereocenters. The van der Waals surface area contributed by atoms with Crippen molar-refractivity contribution in [1.29, 1.82) is 0 Å². The molecule has 0 unspecified atom stereocenters. The van der Waals surface area contributed by atoms with Gasteiger partial charge in [0.05, 0.1) is 20.2 Å². The number of hydrogen-bond acceptors (Lipinski definition) is 3. The Morgan fingerprint density at radius 3 is 2.60 bits per heavy atom. The molecule has 0 radical (unpaired) electrons. The highest BCUT2D eigenvalue weighted by molar-refractivity contribution is 9.10. The number of nitrogen functional groups attached to an aromatic ring is 1. The minimum atomic E-state index is 0.497. The normalized spacial score (nSPS) is 14.6. The van der Waals surface area contributed by atoms with Crippen LogP contribution in [0.25, 0.3) is 0 Å². The van der Waals surface area contributed by atoms with Gasteiger partial charge in [-0.3, -0.25) is 0 Å². The third-order valence-corrected chi connectivity index (χ3v) is 4.81. The number of benzene rings is 1. The molecular weight excluding hydrogens is 361 g/mol. The van der Waals surface area contributed by atoms with Gasteiger partial charge in [0.15, 0.2) is 0 Å². The first-order valence-electron chi connectivity index (χ1n) is 6.30. The third kappa shape index (κ3) is 2.92. The lowest BCUT2D eigenvalue weighted by molar-refractivity contribution is 0.895. The van der Waals surface area contributed by atoms with Crippen molar-refractivity contribution in [2.75, 3.05) is 5.73 Å². The molecule has 0 saturated heterocycles. The summed E-state index contributed by atoms with van der Waals surface area (Å²) in [7, 11) is 0. The van der Waals surface area contributed by atoms with Gasteiger partial charge < -0.3 is 5.73 Å². The molecule has 2 aromatic rings. The Bertz CT molecular complexity index is 672. The number of hydrogen-bond donors (Lipinski definition) is 1. The zero-order chi connectivity index (χ0) is 14.3. The van der Waals surface area contributed by atoms with Crippen LogP contribution in [0.3, 0.4) is 0 Å². The van der Waals surface area contributed by atoms with Crippen LogP contribution in [0.2, 0.25) is 10.0 Å². The van der Waals surface area contributed by atoms with Crippen LogP contribution >= 0.6 is 39.1 Å². The van der Waals surface area contributed by atoms with E-state index >= 15 is 0 Å². The second kappa shape index (κ2) is 5.51. The van der Waals surface area contributed by atoms with Gasteiger partial charge in [0, 0.05) is 12.3 Å². The monoisotopic (exact) mass is 371 g/mol. The summed E-state index contributed by atoms with van der Waals surface area (Å²) in [5.74, 6) is 1.73. The Morgan fingerprint density at radius 2 is 1.95 bits per heavy atom. The first kappa shape index (κ1) is 14.1. The Labute approximate surface area is 135 Å². The maximum atomic E-state index is 6.02. The molecule has 3 nitrogen and oxygen atoms in total. The standard InChI is InChI=1S/C14H12BrCl2N3/c15-12-13(8-2-3-8)19-11(20-14(12)18)6-7-1-4-9(16)10(17)5-7/h1,4-5,8H,2-3,6H2,(H2,18,19,20). The van der Waals surface area contributed by atoms with Crippen molar-refractivity contribution in [3.05, 3.63) is 49.8 Å². The minimum Gasteiger partial charge on any atom is -0.383 e. The first-order chi connectivity index (χ1) is 9.54. The number of anilines is 1. The van der Waals surface area contributed by atoms with E-state index in [2.05, 4.69) is 25.9 Å². The van der Waals surface area contributed by atoms with Crippen LogP contribution in [-0.2, 0) is 6.42 Å². The molecular formula is C14H12BrCl2N3. The van der Waals surface area contributed by atoms with Gasteiger partial charge >= 0.3 is 0 Å². The molecule has 0 aliphatic heterocycles. The van der Waals surface area contributed by atoms with E-state index in [1.165, 1.54) is 12.8 Å². The number of aromatic nitrogens is 2. The molecule has 1 saturated carbocycles. The predicted octanol–water partition coefficient (Wildman–Crippen LogP) is 4.60. The van der Waals surface area contributed by atoms with Crippen LogP contribution in [0, 0.1) is 0 Å². The lowest BCUT2D eigenvalue weighted by atomic mass is 10.1. The molecule has 1 aliphatic rings. The molecule has 6 heteroatoms. The van der Waals surface area contributed by atoms with Gasteiger partial charge in [-0.2, -0.15) is 0 Å². The summed E-state index contributed by atoms with van der Waals surface area (Å²) in [4.78, 5) is 8.96. The van der Waals surface area contributed by atoms with Crippen LogP contribution in [-0.4, -0.2) is 9.97 Å². The molecule has 0 bridgehead atoms. The first-order valence-corrected chi connectivity index (χ1v) is 7.85. The molecule has 104 valence electrons. The summed E-state index contributed by atoms with van der Waals surface area (Å²) in [6.45, 7) is 0. The van der Waals surface area contributed by atoms with Crippen LogP contribution in [0.4, 0.5) is 5.82 Å². The predicted molar refractivity (Wildman–Crippen MR) is 85.4 cm³/mol. The van der Waals surface area contributed by atoms with E-state index in [0.717, 1.165) is 15.7 Å². The van der Waals surface area contributed by atoms with Crippen molar-refractivity contribution in [2.45, 2.75) is 25.2 Å². The summed E-state index contributed by atoms with van der Waals surface area (Å²) in [5.41, 5.74) is 7.99. The Morgan fingerprint density at radius 1 is 1.20 bits per heavy atom. The lowest BCUT2D eigenvalue weighted by Gasteiger charge is -2.08. The van der Waals surface area contributed by atoms with Gasteiger partial charge in [-0.25, -0.2) is 9.97 Å².